The maximum absolute atomic E-state index is 12.7. The number of hydrogen-bond acceptors (Lipinski definition) is 3. The Morgan fingerprint density at radius 2 is 2.10 bits per heavy atom. The number of nitrogens with zero attached hydrogens (tertiary/aromatic N) is 2. The average molecular weight is 304 g/mol. The van der Waals surface area contributed by atoms with E-state index in [2.05, 4.69) is 4.98 Å². The predicted octanol–water partition coefficient (Wildman–Crippen LogP) is 3.37. The van der Waals surface area contributed by atoms with Crippen LogP contribution in [0.15, 0.2) is 42.6 Å². The van der Waals surface area contributed by atoms with E-state index in [1.54, 1.807) is 29.3 Å². The number of aromatic nitrogens is 1. The molecule has 5 heteroatoms. The first-order chi connectivity index (χ1) is 9.97. The minimum absolute atomic E-state index is 0.0414. The van der Waals surface area contributed by atoms with Crippen molar-refractivity contribution in [3.8, 4) is 0 Å². The maximum atomic E-state index is 12.7. The molecule has 0 bridgehead atoms. The van der Waals surface area contributed by atoms with Crippen molar-refractivity contribution in [2.75, 3.05) is 5.73 Å². The van der Waals surface area contributed by atoms with E-state index in [1.165, 1.54) is 0 Å². The summed E-state index contributed by atoms with van der Waals surface area (Å²) in [6.07, 6.45) is 1.72. The van der Waals surface area contributed by atoms with Crippen LogP contribution in [0.4, 0.5) is 5.69 Å². The van der Waals surface area contributed by atoms with Crippen LogP contribution in [0.5, 0.6) is 0 Å². The number of rotatable bonds is 4. The fourth-order valence-electron chi connectivity index (χ4n) is 2.06. The minimum atomic E-state index is -0.107. The number of nitrogens with two attached hydrogens (primary N) is 1. The van der Waals surface area contributed by atoms with E-state index in [1.807, 2.05) is 32.0 Å². The van der Waals surface area contributed by atoms with Crippen molar-refractivity contribution >= 4 is 23.2 Å². The second-order valence-corrected chi connectivity index (χ2v) is 5.56. The Bertz CT molecular complexity index is 608. The predicted molar refractivity (Wildman–Crippen MR) is 85.1 cm³/mol. The van der Waals surface area contributed by atoms with Gasteiger partial charge in [-0.25, -0.2) is 0 Å². The summed E-state index contributed by atoms with van der Waals surface area (Å²) in [5.74, 6) is -0.107. The SMILES string of the molecule is CC(C)N(Cc1ccccn1)C(=O)c1cc(N)cc(Cl)c1. The van der Waals surface area contributed by atoms with Crippen LogP contribution in [0.1, 0.15) is 29.9 Å². The Labute approximate surface area is 129 Å². The highest BCUT2D eigenvalue weighted by Gasteiger charge is 2.20. The molecule has 2 rings (SSSR count). The largest absolute Gasteiger partial charge is 0.399 e. The average Bonchev–Trinajstić information content (AvgIpc) is 2.44. The number of carbonyl (C=O) groups is 1. The second-order valence-electron chi connectivity index (χ2n) is 5.12. The van der Waals surface area contributed by atoms with Crippen LogP contribution < -0.4 is 5.73 Å². The third-order valence-electron chi connectivity index (χ3n) is 3.11. The van der Waals surface area contributed by atoms with Gasteiger partial charge in [-0.1, -0.05) is 17.7 Å². The molecule has 21 heavy (non-hydrogen) atoms. The number of pyridine rings is 1. The number of anilines is 1. The molecule has 0 saturated carbocycles. The van der Waals surface area contributed by atoms with E-state index >= 15 is 0 Å². The molecule has 1 heterocycles. The molecule has 1 amide bonds. The summed E-state index contributed by atoms with van der Waals surface area (Å²) in [4.78, 5) is 18.7. The zero-order valence-electron chi connectivity index (χ0n) is 12.1. The Hall–Kier alpha value is -2.07. The summed E-state index contributed by atoms with van der Waals surface area (Å²) in [5.41, 5.74) is 7.57. The van der Waals surface area contributed by atoms with E-state index in [9.17, 15) is 4.79 Å². The van der Waals surface area contributed by atoms with Crippen LogP contribution in [0.2, 0.25) is 5.02 Å². The van der Waals surface area contributed by atoms with Crippen LogP contribution in [0, 0.1) is 0 Å². The summed E-state index contributed by atoms with van der Waals surface area (Å²) in [6, 6.07) is 10.6. The lowest BCUT2D eigenvalue weighted by Gasteiger charge is -2.26. The first kappa shape index (κ1) is 15.3. The normalized spacial score (nSPS) is 10.7. The van der Waals surface area contributed by atoms with Gasteiger partial charge in [0.05, 0.1) is 12.2 Å². The number of halogens is 1. The van der Waals surface area contributed by atoms with Crippen molar-refractivity contribution < 1.29 is 4.79 Å². The molecule has 0 saturated heterocycles. The third kappa shape index (κ3) is 3.95. The molecule has 110 valence electrons. The van der Waals surface area contributed by atoms with Crippen LogP contribution in [-0.4, -0.2) is 21.8 Å². The van der Waals surface area contributed by atoms with Crippen LogP contribution in [0.3, 0.4) is 0 Å². The molecule has 0 fully saturated rings. The molecule has 2 N–H and O–H groups in total. The van der Waals surface area contributed by atoms with Crippen molar-refractivity contribution in [1.82, 2.24) is 9.88 Å². The van der Waals surface area contributed by atoms with Gasteiger partial charge in [0, 0.05) is 28.5 Å². The number of amides is 1. The molecule has 0 radical (unpaired) electrons. The summed E-state index contributed by atoms with van der Waals surface area (Å²) >= 11 is 5.98. The van der Waals surface area contributed by atoms with Crippen molar-refractivity contribution in [1.29, 1.82) is 0 Å². The Kier molecular flexibility index (Phi) is 4.81. The van der Waals surface area contributed by atoms with Gasteiger partial charge < -0.3 is 10.6 Å². The number of nitrogen functional groups attached to an aromatic ring is 1. The summed E-state index contributed by atoms with van der Waals surface area (Å²) in [5, 5.41) is 0.458. The van der Waals surface area contributed by atoms with Gasteiger partial charge in [-0.15, -0.1) is 0 Å². The van der Waals surface area contributed by atoms with Gasteiger partial charge in [0.15, 0.2) is 0 Å². The first-order valence-electron chi connectivity index (χ1n) is 6.74. The summed E-state index contributed by atoms with van der Waals surface area (Å²) < 4.78 is 0. The molecule has 0 aliphatic carbocycles. The highest BCUT2D eigenvalue weighted by Crippen LogP contribution is 2.19. The molecule has 1 aromatic heterocycles. The molecule has 0 aliphatic heterocycles. The van der Waals surface area contributed by atoms with Gasteiger partial charge in [0.25, 0.3) is 5.91 Å². The number of hydrogen-bond donors (Lipinski definition) is 1. The lowest BCUT2D eigenvalue weighted by molar-refractivity contribution is 0.0688. The van der Waals surface area contributed by atoms with Gasteiger partial charge in [-0.2, -0.15) is 0 Å². The van der Waals surface area contributed by atoms with Crippen LogP contribution >= 0.6 is 11.6 Å². The monoisotopic (exact) mass is 303 g/mol. The van der Waals surface area contributed by atoms with Gasteiger partial charge in [-0.05, 0) is 44.2 Å². The van der Waals surface area contributed by atoms with Crippen LogP contribution in [0.25, 0.3) is 0 Å². The standard InChI is InChI=1S/C16H18ClN3O/c1-11(2)20(10-15-5-3-4-6-19-15)16(21)12-7-13(17)9-14(18)8-12/h3-9,11H,10,18H2,1-2H3. The van der Waals surface area contributed by atoms with Crippen LogP contribution in [-0.2, 0) is 6.54 Å². The molecule has 1 aromatic carbocycles. The Morgan fingerprint density at radius 1 is 1.33 bits per heavy atom. The van der Waals surface area contributed by atoms with E-state index in [4.69, 9.17) is 17.3 Å². The molecule has 0 aliphatic rings. The molecule has 4 nitrogen and oxygen atoms in total. The van der Waals surface area contributed by atoms with Crippen molar-refractivity contribution in [3.05, 3.63) is 58.9 Å². The first-order valence-corrected chi connectivity index (χ1v) is 7.12. The molecule has 0 spiro atoms. The Morgan fingerprint density at radius 3 is 2.67 bits per heavy atom. The number of benzene rings is 1. The lowest BCUT2D eigenvalue weighted by atomic mass is 10.1. The minimum Gasteiger partial charge on any atom is -0.399 e. The zero-order valence-corrected chi connectivity index (χ0v) is 12.8. The molecular weight excluding hydrogens is 286 g/mol. The van der Waals surface area contributed by atoms with Crippen molar-refractivity contribution in [2.24, 2.45) is 0 Å². The smallest absolute Gasteiger partial charge is 0.254 e. The quantitative estimate of drug-likeness (QED) is 0.881. The van der Waals surface area contributed by atoms with E-state index in [-0.39, 0.29) is 11.9 Å². The van der Waals surface area contributed by atoms with E-state index in [0.717, 1.165) is 5.69 Å². The van der Waals surface area contributed by atoms with E-state index in [0.29, 0.717) is 22.8 Å². The summed E-state index contributed by atoms with van der Waals surface area (Å²) in [6.45, 7) is 4.38. The third-order valence-corrected chi connectivity index (χ3v) is 3.33. The Balaban J connectivity index is 2.27. The van der Waals surface area contributed by atoms with Gasteiger partial charge in [0.1, 0.15) is 0 Å². The lowest BCUT2D eigenvalue weighted by Crippen LogP contribution is -2.36. The highest BCUT2D eigenvalue weighted by molar-refractivity contribution is 6.31. The topological polar surface area (TPSA) is 59.2 Å². The highest BCUT2D eigenvalue weighted by atomic mass is 35.5. The number of carbonyl (C=O) groups excluding carboxylic acids is 1. The molecular formula is C16H18ClN3O. The zero-order chi connectivity index (χ0) is 15.4. The van der Waals surface area contributed by atoms with Crippen molar-refractivity contribution in [3.63, 3.8) is 0 Å². The maximum Gasteiger partial charge on any atom is 0.254 e. The van der Waals surface area contributed by atoms with E-state index < -0.39 is 0 Å². The van der Waals surface area contributed by atoms with Crippen molar-refractivity contribution in [2.45, 2.75) is 26.4 Å². The fourth-order valence-corrected chi connectivity index (χ4v) is 2.30. The summed E-state index contributed by atoms with van der Waals surface area (Å²) in [7, 11) is 0. The second kappa shape index (κ2) is 6.59. The van der Waals surface area contributed by atoms with Gasteiger partial charge in [-0.3, -0.25) is 9.78 Å². The van der Waals surface area contributed by atoms with Gasteiger partial charge in [0.2, 0.25) is 0 Å². The fraction of sp³-hybridized carbons (Fsp3) is 0.250. The van der Waals surface area contributed by atoms with Gasteiger partial charge >= 0.3 is 0 Å². The molecule has 2 aromatic rings. The molecule has 0 unspecified atom stereocenters. The molecule has 0 atom stereocenters.